The average Bonchev–Trinajstić information content (AvgIpc) is 3.87. The molecule has 2 aromatic heterocycles. The van der Waals surface area contributed by atoms with E-state index >= 15 is 0 Å². The summed E-state index contributed by atoms with van der Waals surface area (Å²) in [5.41, 5.74) is 14.6. The molecule has 2 nitrogen and oxygen atoms in total. The molecule has 268 valence electrons. The Morgan fingerprint density at radius 2 is 0.860 bits per heavy atom. The van der Waals surface area contributed by atoms with E-state index in [0.717, 1.165) is 50.1 Å². The Morgan fingerprint density at radius 3 is 1.54 bits per heavy atom. The van der Waals surface area contributed by atoms with Crippen LogP contribution in [0, 0.1) is 0 Å². The third kappa shape index (κ3) is 5.80. The maximum atomic E-state index is 6.45. The van der Waals surface area contributed by atoms with Crippen LogP contribution in [0.5, 0.6) is 0 Å². The normalized spacial score (nSPS) is 11.5. The molecule has 0 spiro atoms. The van der Waals surface area contributed by atoms with Crippen molar-refractivity contribution >= 4 is 70.5 Å². The quantitative estimate of drug-likeness (QED) is 0.162. The second-order valence-corrected chi connectivity index (χ2v) is 15.5. The summed E-state index contributed by atoms with van der Waals surface area (Å²) in [7, 11) is 0. The van der Waals surface area contributed by atoms with Crippen LogP contribution in [0.1, 0.15) is 0 Å². The van der Waals surface area contributed by atoms with Gasteiger partial charge in [-0.15, -0.1) is 11.3 Å². The smallest absolute Gasteiger partial charge is 0.143 e. The summed E-state index contributed by atoms with van der Waals surface area (Å²) in [4.78, 5) is 2.42. The van der Waals surface area contributed by atoms with Crippen LogP contribution < -0.4 is 4.90 Å². The molecule has 3 heteroatoms. The van der Waals surface area contributed by atoms with Crippen molar-refractivity contribution in [3.05, 3.63) is 212 Å². The Morgan fingerprint density at radius 1 is 0.351 bits per heavy atom. The van der Waals surface area contributed by atoms with Crippen molar-refractivity contribution in [2.24, 2.45) is 0 Å². The molecule has 0 amide bonds. The van der Waals surface area contributed by atoms with E-state index in [-0.39, 0.29) is 0 Å². The number of fused-ring (bicyclic) bond motifs is 6. The molecule has 2 heterocycles. The van der Waals surface area contributed by atoms with Gasteiger partial charge in [0.25, 0.3) is 0 Å². The molecule has 0 atom stereocenters. The molecule has 0 aliphatic heterocycles. The van der Waals surface area contributed by atoms with Gasteiger partial charge < -0.3 is 9.32 Å². The Bertz CT molecular complexity index is 3200. The lowest BCUT2D eigenvalue weighted by Crippen LogP contribution is -2.10. The number of furan rings is 1. The van der Waals surface area contributed by atoms with Crippen LogP contribution in [0.4, 0.5) is 17.1 Å². The highest BCUT2D eigenvalue weighted by Gasteiger charge is 2.21. The van der Waals surface area contributed by atoms with Gasteiger partial charge in [-0.25, -0.2) is 0 Å². The van der Waals surface area contributed by atoms with Gasteiger partial charge in [0.15, 0.2) is 0 Å². The van der Waals surface area contributed by atoms with Gasteiger partial charge in [-0.05, 0) is 81.4 Å². The molecule has 11 rings (SSSR count). The van der Waals surface area contributed by atoms with E-state index in [1.165, 1.54) is 53.6 Å². The fourth-order valence-electron chi connectivity index (χ4n) is 8.33. The average molecular weight is 746 g/mol. The van der Waals surface area contributed by atoms with Crippen molar-refractivity contribution in [3.63, 3.8) is 0 Å². The van der Waals surface area contributed by atoms with Gasteiger partial charge in [0.05, 0.1) is 10.4 Å². The first-order valence-corrected chi connectivity index (χ1v) is 20.1. The van der Waals surface area contributed by atoms with Crippen molar-refractivity contribution in [2.75, 3.05) is 4.90 Å². The molecule has 0 aliphatic rings. The van der Waals surface area contributed by atoms with Gasteiger partial charge in [-0.1, -0.05) is 170 Å². The van der Waals surface area contributed by atoms with Gasteiger partial charge in [-0.2, -0.15) is 0 Å². The first-order chi connectivity index (χ1) is 28.3. The molecule has 0 aliphatic carbocycles. The molecular weight excluding hydrogens is 711 g/mol. The number of hydrogen-bond donors (Lipinski definition) is 0. The summed E-state index contributed by atoms with van der Waals surface area (Å²) in [6, 6.07) is 76.3. The van der Waals surface area contributed by atoms with Gasteiger partial charge in [0.1, 0.15) is 11.2 Å². The Kier molecular flexibility index (Phi) is 8.04. The summed E-state index contributed by atoms with van der Waals surface area (Å²) < 4.78 is 8.98. The van der Waals surface area contributed by atoms with Gasteiger partial charge in [-0.3, -0.25) is 0 Å². The van der Waals surface area contributed by atoms with E-state index in [4.69, 9.17) is 4.42 Å². The van der Waals surface area contributed by atoms with E-state index in [1.54, 1.807) is 0 Å². The highest BCUT2D eigenvalue weighted by atomic mass is 32.1. The standard InChI is InChI=1S/C54H35NOS/c1-3-12-36(13-4-1)37-22-24-38(25-23-37)39-26-30-42(31-27-39)55(43-32-28-41(29-33-43)45-18-11-19-47-46-16-7-9-20-50(46)56-53(45)47)49-35-34-44(40-14-5-2-6-15-40)52-48-17-8-10-21-51(48)57-54(49)52/h1-35H. The number of thiophene rings is 1. The highest BCUT2D eigenvalue weighted by molar-refractivity contribution is 7.26. The number of nitrogens with zero attached hydrogens (tertiary/aromatic N) is 1. The summed E-state index contributed by atoms with van der Waals surface area (Å²) >= 11 is 1.86. The maximum Gasteiger partial charge on any atom is 0.143 e. The third-order valence-electron chi connectivity index (χ3n) is 11.1. The lowest BCUT2D eigenvalue weighted by Gasteiger charge is -2.27. The van der Waals surface area contributed by atoms with Crippen LogP contribution in [0.2, 0.25) is 0 Å². The van der Waals surface area contributed by atoms with Gasteiger partial charge in [0, 0.05) is 43.2 Å². The number of benzene rings is 9. The minimum atomic E-state index is 0.907. The predicted octanol–water partition coefficient (Wildman–Crippen LogP) is 16.1. The summed E-state index contributed by atoms with van der Waals surface area (Å²) in [5, 5.41) is 4.84. The van der Waals surface area contributed by atoms with Crippen molar-refractivity contribution in [2.45, 2.75) is 0 Å². The van der Waals surface area contributed by atoms with Crippen LogP contribution in [0.15, 0.2) is 217 Å². The summed E-state index contributed by atoms with van der Waals surface area (Å²) in [6.45, 7) is 0. The third-order valence-corrected chi connectivity index (χ3v) is 12.3. The zero-order chi connectivity index (χ0) is 37.7. The second kappa shape index (κ2) is 13.8. The molecular formula is C54H35NOS. The molecule has 0 fully saturated rings. The maximum absolute atomic E-state index is 6.45. The van der Waals surface area contributed by atoms with Crippen LogP contribution in [0.3, 0.4) is 0 Å². The summed E-state index contributed by atoms with van der Waals surface area (Å²) in [5.74, 6) is 0. The lowest BCUT2D eigenvalue weighted by atomic mass is 9.97. The molecule has 0 radical (unpaired) electrons. The van der Waals surface area contributed by atoms with Gasteiger partial charge >= 0.3 is 0 Å². The second-order valence-electron chi connectivity index (χ2n) is 14.5. The minimum absolute atomic E-state index is 0.907. The molecule has 11 aromatic rings. The molecule has 0 bridgehead atoms. The van der Waals surface area contributed by atoms with Gasteiger partial charge in [0.2, 0.25) is 0 Å². The Labute approximate surface area is 335 Å². The summed E-state index contributed by atoms with van der Waals surface area (Å²) in [6.07, 6.45) is 0. The first-order valence-electron chi connectivity index (χ1n) is 19.3. The molecule has 0 unspecified atom stereocenters. The van der Waals surface area contributed by atoms with Crippen LogP contribution in [0.25, 0.3) is 86.6 Å². The molecule has 0 saturated carbocycles. The molecule has 57 heavy (non-hydrogen) atoms. The predicted molar refractivity (Wildman–Crippen MR) is 243 cm³/mol. The zero-order valence-electron chi connectivity index (χ0n) is 31.0. The molecule has 9 aromatic carbocycles. The molecule has 0 saturated heterocycles. The topological polar surface area (TPSA) is 16.4 Å². The zero-order valence-corrected chi connectivity index (χ0v) is 31.8. The van der Waals surface area contributed by atoms with Crippen LogP contribution >= 0.6 is 11.3 Å². The van der Waals surface area contributed by atoms with Crippen molar-refractivity contribution in [3.8, 4) is 44.5 Å². The van der Waals surface area contributed by atoms with E-state index in [9.17, 15) is 0 Å². The van der Waals surface area contributed by atoms with Crippen LogP contribution in [-0.2, 0) is 0 Å². The monoisotopic (exact) mass is 745 g/mol. The van der Waals surface area contributed by atoms with E-state index in [2.05, 4.69) is 205 Å². The Balaban J connectivity index is 1.05. The van der Waals surface area contributed by atoms with E-state index in [1.807, 2.05) is 23.5 Å². The fraction of sp³-hybridized carbons (Fsp3) is 0. The largest absolute Gasteiger partial charge is 0.455 e. The fourth-order valence-corrected chi connectivity index (χ4v) is 9.56. The van der Waals surface area contributed by atoms with Crippen LogP contribution in [-0.4, -0.2) is 0 Å². The van der Waals surface area contributed by atoms with Crippen molar-refractivity contribution < 1.29 is 4.42 Å². The van der Waals surface area contributed by atoms with Crippen molar-refractivity contribution in [1.82, 2.24) is 0 Å². The number of para-hydroxylation sites is 2. The number of rotatable bonds is 7. The lowest BCUT2D eigenvalue weighted by molar-refractivity contribution is 0.670. The van der Waals surface area contributed by atoms with Crippen molar-refractivity contribution in [1.29, 1.82) is 0 Å². The molecule has 0 N–H and O–H groups in total. The minimum Gasteiger partial charge on any atom is -0.455 e. The SMILES string of the molecule is c1ccc(-c2ccc(-c3ccc(N(c4ccc(-c5cccc6c5oc5ccccc56)cc4)c4ccc(-c5ccccc5)c5c4sc4ccccc45)cc3)cc2)cc1. The van der Waals surface area contributed by atoms with E-state index in [0.29, 0.717) is 0 Å². The number of anilines is 3. The number of hydrogen-bond acceptors (Lipinski definition) is 3. The highest BCUT2D eigenvalue weighted by Crippen LogP contribution is 2.48. The Hall–Kier alpha value is -7.20. The van der Waals surface area contributed by atoms with E-state index < -0.39 is 0 Å². The first kappa shape index (κ1) is 33.2.